The van der Waals surface area contributed by atoms with Crippen molar-refractivity contribution < 1.29 is 29.0 Å². The minimum atomic E-state index is -1.21. The van der Waals surface area contributed by atoms with E-state index < -0.39 is 35.0 Å². The lowest BCUT2D eigenvalue weighted by molar-refractivity contribution is -0.161. The molecule has 0 radical (unpaired) electrons. The summed E-state index contributed by atoms with van der Waals surface area (Å²) in [6, 6.07) is -0.644. The Kier molecular flexibility index (Phi) is 7.78. The van der Waals surface area contributed by atoms with Crippen LogP contribution in [0.4, 0.5) is 0 Å². The monoisotopic (exact) mass is 514 g/mol. The molecule has 8 heteroatoms. The van der Waals surface area contributed by atoms with Crippen molar-refractivity contribution in [2.24, 2.45) is 11.8 Å². The van der Waals surface area contributed by atoms with Crippen molar-refractivity contribution in [3.05, 3.63) is 24.3 Å². The van der Waals surface area contributed by atoms with Crippen molar-refractivity contribution >= 4 is 17.8 Å². The number of likely N-dealkylation sites (tertiary alicyclic amines) is 1. The van der Waals surface area contributed by atoms with Crippen LogP contribution < -0.4 is 0 Å². The van der Waals surface area contributed by atoms with E-state index in [9.17, 15) is 19.5 Å². The Labute approximate surface area is 220 Å². The lowest BCUT2D eigenvalue weighted by Gasteiger charge is -2.40. The van der Waals surface area contributed by atoms with Crippen LogP contribution in [0.3, 0.4) is 0 Å². The number of esters is 1. The minimum absolute atomic E-state index is 0.0648. The number of aliphatic hydroxyl groups is 1. The molecule has 5 atom stereocenters. The first-order valence-corrected chi connectivity index (χ1v) is 14.4. The number of aliphatic hydroxyl groups excluding tert-OH is 1. The van der Waals surface area contributed by atoms with Gasteiger partial charge in [-0.25, -0.2) is 0 Å². The maximum atomic E-state index is 14.4. The van der Waals surface area contributed by atoms with Crippen molar-refractivity contribution in [1.82, 2.24) is 9.80 Å². The van der Waals surface area contributed by atoms with E-state index in [0.717, 1.165) is 44.9 Å². The van der Waals surface area contributed by atoms with Crippen LogP contribution >= 0.6 is 0 Å². The zero-order chi connectivity index (χ0) is 26.0. The number of amides is 2. The van der Waals surface area contributed by atoms with E-state index in [-0.39, 0.29) is 24.5 Å². The summed E-state index contributed by atoms with van der Waals surface area (Å²) < 4.78 is 12.7. The van der Waals surface area contributed by atoms with Gasteiger partial charge in [-0.3, -0.25) is 14.4 Å². The number of nitrogens with zero attached hydrogens (tertiary/aromatic N) is 2. The van der Waals surface area contributed by atoms with Gasteiger partial charge in [0.25, 0.3) is 0 Å². The highest BCUT2D eigenvalue weighted by atomic mass is 16.6. The number of fused-ring (bicyclic) bond motifs is 2. The third-order valence-corrected chi connectivity index (χ3v) is 9.24. The molecule has 1 N–H and O–H groups in total. The first kappa shape index (κ1) is 26.4. The van der Waals surface area contributed by atoms with Gasteiger partial charge in [-0.1, -0.05) is 50.5 Å². The average Bonchev–Trinajstić information content (AvgIpc) is 3.28. The average molecular weight is 515 g/mol. The third-order valence-electron chi connectivity index (χ3n) is 9.24. The van der Waals surface area contributed by atoms with Gasteiger partial charge in [-0.2, -0.15) is 0 Å². The number of unbranched alkanes of at least 4 members (excludes halogenated alkanes) is 2. The molecule has 1 saturated carbocycles. The van der Waals surface area contributed by atoms with Crippen LogP contribution in [0.15, 0.2) is 24.3 Å². The maximum absolute atomic E-state index is 14.4. The summed E-state index contributed by atoms with van der Waals surface area (Å²) in [6.07, 6.45) is 17.4. The van der Waals surface area contributed by atoms with Crippen LogP contribution in [0.5, 0.6) is 0 Å². The van der Waals surface area contributed by atoms with Crippen molar-refractivity contribution in [2.45, 2.75) is 101 Å². The van der Waals surface area contributed by atoms with E-state index in [1.807, 2.05) is 36.1 Å². The molecule has 5 rings (SSSR count). The fraction of sp³-hybridized carbons (Fsp3) is 0.759. The standard InChI is InChI=1S/C29H42N2O6/c1-2-28-15-8-4-11-20-36-27(35)23(28)22-25(33)31(17-9-5-10-19-32)24-26(34)30(21-13-6-3-7-14-21)18-12-16-29(22,24)37-28/h8,12,15-16,21-24,32H,2-7,9-11,13-14,17-20H2,1H3/b15-8-/t22-,23+,24?,28-,29-/m0/s1. The Bertz CT molecular complexity index is 943. The van der Waals surface area contributed by atoms with Gasteiger partial charge in [-0.15, -0.1) is 0 Å². The molecule has 4 heterocycles. The molecule has 8 nitrogen and oxygen atoms in total. The zero-order valence-corrected chi connectivity index (χ0v) is 22.1. The van der Waals surface area contributed by atoms with Crippen LogP contribution in [0.25, 0.3) is 0 Å². The van der Waals surface area contributed by atoms with Crippen LogP contribution in [-0.2, 0) is 23.9 Å². The lowest BCUT2D eigenvalue weighted by Crippen LogP contribution is -2.57. The lowest BCUT2D eigenvalue weighted by atomic mass is 9.73. The fourth-order valence-electron chi connectivity index (χ4n) is 7.42. The number of hydrogen-bond acceptors (Lipinski definition) is 6. The van der Waals surface area contributed by atoms with E-state index in [4.69, 9.17) is 9.47 Å². The number of carbonyl (C=O) groups is 3. The molecule has 0 aromatic carbocycles. The van der Waals surface area contributed by atoms with Crippen LogP contribution in [-0.4, -0.2) is 82.3 Å². The van der Waals surface area contributed by atoms with Crippen molar-refractivity contribution in [3.63, 3.8) is 0 Å². The number of hydrogen-bond donors (Lipinski definition) is 1. The summed E-state index contributed by atoms with van der Waals surface area (Å²) in [7, 11) is 0. The van der Waals surface area contributed by atoms with E-state index >= 15 is 0 Å². The van der Waals surface area contributed by atoms with Crippen LogP contribution in [0.1, 0.15) is 77.6 Å². The second-order valence-electron chi connectivity index (χ2n) is 11.3. The molecule has 2 amide bonds. The summed E-state index contributed by atoms with van der Waals surface area (Å²) in [6.45, 7) is 3.28. The first-order valence-electron chi connectivity index (χ1n) is 14.4. The molecule has 1 spiro atoms. The van der Waals surface area contributed by atoms with Crippen molar-refractivity contribution in [3.8, 4) is 0 Å². The highest BCUT2D eigenvalue weighted by Gasteiger charge is 2.75. The molecule has 0 bridgehead atoms. The molecular weight excluding hydrogens is 472 g/mol. The summed E-state index contributed by atoms with van der Waals surface area (Å²) in [5.74, 6) is -2.27. The van der Waals surface area contributed by atoms with Gasteiger partial charge in [0.05, 0.1) is 12.5 Å². The Balaban J connectivity index is 1.58. The zero-order valence-electron chi connectivity index (χ0n) is 22.1. The van der Waals surface area contributed by atoms with Gasteiger partial charge >= 0.3 is 5.97 Å². The highest BCUT2D eigenvalue weighted by molar-refractivity contribution is 5.99. The highest BCUT2D eigenvalue weighted by Crippen LogP contribution is 2.58. The first-order chi connectivity index (χ1) is 18.0. The number of allylic oxidation sites excluding steroid dienone is 1. The summed E-state index contributed by atoms with van der Waals surface area (Å²) in [5, 5.41) is 9.24. The molecule has 0 aromatic heterocycles. The van der Waals surface area contributed by atoms with Crippen LogP contribution in [0, 0.1) is 11.8 Å². The fourth-order valence-corrected chi connectivity index (χ4v) is 7.42. The molecule has 5 aliphatic rings. The SMILES string of the molecule is CC[C@]12/C=C\CCCOC(=O)[C@H]1[C@H]1C(=O)N(CCCCCO)C3C(=O)N(C4CCCCC4)CC=C[C@@]31O2. The molecule has 1 unspecified atom stereocenters. The quantitative estimate of drug-likeness (QED) is 0.319. The Hall–Kier alpha value is -2.19. The molecule has 204 valence electrons. The molecule has 4 aliphatic heterocycles. The van der Waals surface area contributed by atoms with Gasteiger partial charge in [0, 0.05) is 25.7 Å². The van der Waals surface area contributed by atoms with E-state index in [2.05, 4.69) is 0 Å². The summed E-state index contributed by atoms with van der Waals surface area (Å²) in [5.41, 5.74) is -2.20. The van der Waals surface area contributed by atoms with E-state index in [1.54, 1.807) is 4.90 Å². The Morgan fingerprint density at radius 3 is 2.54 bits per heavy atom. The largest absolute Gasteiger partial charge is 0.465 e. The molecular formula is C29H42N2O6. The summed E-state index contributed by atoms with van der Waals surface area (Å²) in [4.78, 5) is 45.9. The molecule has 37 heavy (non-hydrogen) atoms. The number of ether oxygens (including phenoxy) is 2. The second-order valence-corrected chi connectivity index (χ2v) is 11.3. The number of cyclic esters (lactones) is 1. The second kappa shape index (κ2) is 10.9. The third kappa shape index (κ3) is 4.44. The normalized spacial score (nSPS) is 37.2. The number of carbonyl (C=O) groups excluding carboxylic acids is 3. The van der Waals surface area contributed by atoms with E-state index in [0.29, 0.717) is 39.0 Å². The van der Waals surface area contributed by atoms with Gasteiger partial charge in [0.1, 0.15) is 23.2 Å². The number of rotatable bonds is 7. The van der Waals surface area contributed by atoms with E-state index in [1.165, 1.54) is 6.42 Å². The topological polar surface area (TPSA) is 96.4 Å². The Morgan fingerprint density at radius 1 is 0.973 bits per heavy atom. The molecule has 1 aliphatic carbocycles. The minimum Gasteiger partial charge on any atom is -0.465 e. The maximum Gasteiger partial charge on any atom is 0.313 e. The summed E-state index contributed by atoms with van der Waals surface area (Å²) >= 11 is 0. The predicted molar refractivity (Wildman–Crippen MR) is 137 cm³/mol. The van der Waals surface area contributed by atoms with Gasteiger partial charge in [0.2, 0.25) is 11.8 Å². The van der Waals surface area contributed by atoms with Crippen molar-refractivity contribution in [2.75, 3.05) is 26.3 Å². The van der Waals surface area contributed by atoms with Gasteiger partial charge < -0.3 is 24.4 Å². The molecule has 2 saturated heterocycles. The smallest absolute Gasteiger partial charge is 0.313 e. The molecule has 0 aromatic rings. The Morgan fingerprint density at radius 2 is 1.78 bits per heavy atom. The van der Waals surface area contributed by atoms with Gasteiger partial charge in [-0.05, 0) is 51.4 Å². The molecule has 3 fully saturated rings. The predicted octanol–water partition coefficient (Wildman–Crippen LogP) is 3.13. The van der Waals surface area contributed by atoms with Crippen molar-refractivity contribution in [1.29, 1.82) is 0 Å². The van der Waals surface area contributed by atoms with Crippen LogP contribution in [0.2, 0.25) is 0 Å². The van der Waals surface area contributed by atoms with Gasteiger partial charge in [0.15, 0.2) is 0 Å².